The number of benzene rings is 3. The topological polar surface area (TPSA) is 105 Å². The highest BCUT2D eigenvalue weighted by Crippen LogP contribution is 2.28. The van der Waals surface area contributed by atoms with E-state index in [-0.39, 0.29) is 23.0 Å². The molecule has 1 saturated heterocycles. The van der Waals surface area contributed by atoms with E-state index < -0.39 is 23.8 Å². The number of nitrogens with zero attached hydrogens (tertiary/aromatic N) is 1. The molecule has 5 amide bonds. The Labute approximate surface area is 222 Å². The van der Waals surface area contributed by atoms with Gasteiger partial charge < -0.3 is 10.1 Å². The van der Waals surface area contributed by atoms with Crippen LogP contribution in [-0.4, -0.2) is 30.4 Å². The monoisotopic (exact) mass is 537 g/mol. The number of amides is 5. The molecule has 8 nitrogen and oxygen atoms in total. The van der Waals surface area contributed by atoms with E-state index in [1.165, 1.54) is 18.2 Å². The second-order valence-electron chi connectivity index (χ2n) is 8.26. The molecule has 188 valence electrons. The van der Waals surface area contributed by atoms with Crippen LogP contribution >= 0.6 is 23.2 Å². The molecule has 0 unspecified atom stereocenters. The number of carbonyl (C=O) groups excluding carboxylic acids is 4. The Bertz CT molecular complexity index is 1450. The maximum absolute atomic E-state index is 13.1. The van der Waals surface area contributed by atoms with E-state index in [4.69, 9.17) is 27.9 Å². The summed E-state index contributed by atoms with van der Waals surface area (Å²) in [6.45, 7) is 3.48. The van der Waals surface area contributed by atoms with Crippen molar-refractivity contribution < 1.29 is 23.9 Å². The number of hydrogen-bond donors (Lipinski definition) is 2. The Kier molecular flexibility index (Phi) is 7.61. The molecule has 3 aromatic carbocycles. The number of hydrogen-bond acceptors (Lipinski definition) is 5. The summed E-state index contributed by atoms with van der Waals surface area (Å²) < 4.78 is 5.50. The molecule has 2 N–H and O–H groups in total. The molecule has 4 rings (SSSR count). The number of ether oxygens (including phenoxy) is 1. The number of rotatable bonds is 6. The zero-order valence-corrected chi connectivity index (χ0v) is 21.3. The fourth-order valence-corrected chi connectivity index (χ4v) is 3.89. The van der Waals surface area contributed by atoms with Gasteiger partial charge in [0.15, 0.2) is 6.61 Å². The van der Waals surface area contributed by atoms with Gasteiger partial charge in [-0.3, -0.25) is 19.7 Å². The third kappa shape index (κ3) is 5.99. The smallest absolute Gasteiger partial charge is 0.335 e. The first-order valence-corrected chi connectivity index (χ1v) is 11.8. The van der Waals surface area contributed by atoms with Crippen molar-refractivity contribution in [3.05, 3.63) is 93.0 Å². The van der Waals surface area contributed by atoms with Crippen molar-refractivity contribution in [1.82, 2.24) is 5.32 Å². The van der Waals surface area contributed by atoms with Gasteiger partial charge in [0.1, 0.15) is 11.3 Å². The third-order valence-electron chi connectivity index (χ3n) is 5.60. The lowest BCUT2D eigenvalue weighted by molar-refractivity contribution is -0.122. The summed E-state index contributed by atoms with van der Waals surface area (Å²) in [7, 11) is 0. The minimum atomic E-state index is -0.825. The number of urea groups is 1. The van der Waals surface area contributed by atoms with Crippen LogP contribution in [0.3, 0.4) is 0 Å². The fourth-order valence-electron chi connectivity index (χ4n) is 3.52. The van der Waals surface area contributed by atoms with Gasteiger partial charge >= 0.3 is 6.03 Å². The molecule has 0 aliphatic carbocycles. The summed E-state index contributed by atoms with van der Waals surface area (Å²) in [6, 6.07) is 15.5. The molecule has 3 aromatic rings. The highest BCUT2D eigenvalue weighted by Gasteiger charge is 2.36. The molecule has 0 saturated carbocycles. The Morgan fingerprint density at radius 2 is 1.70 bits per heavy atom. The minimum Gasteiger partial charge on any atom is -0.482 e. The van der Waals surface area contributed by atoms with Crippen LogP contribution in [-0.2, 0) is 14.4 Å². The number of imide groups is 2. The van der Waals surface area contributed by atoms with Crippen molar-refractivity contribution in [3.8, 4) is 5.75 Å². The summed E-state index contributed by atoms with van der Waals surface area (Å²) in [5, 5.41) is 5.58. The molecular formula is C27H21Cl2N3O5. The lowest BCUT2D eigenvalue weighted by atomic mass is 10.0. The van der Waals surface area contributed by atoms with Gasteiger partial charge in [-0.15, -0.1) is 0 Å². The van der Waals surface area contributed by atoms with Gasteiger partial charge in [0.2, 0.25) is 0 Å². The minimum absolute atomic E-state index is 0.166. The van der Waals surface area contributed by atoms with Crippen molar-refractivity contribution in [2.24, 2.45) is 0 Å². The number of barbiturate groups is 1. The molecule has 1 heterocycles. The average molecular weight is 538 g/mol. The Morgan fingerprint density at radius 1 is 0.973 bits per heavy atom. The van der Waals surface area contributed by atoms with Crippen LogP contribution in [0.1, 0.15) is 16.7 Å². The lowest BCUT2D eigenvalue weighted by Gasteiger charge is -2.26. The Morgan fingerprint density at radius 3 is 2.38 bits per heavy atom. The van der Waals surface area contributed by atoms with Crippen molar-refractivity contribution >= 4 is 64.4 Å². The molecule has 0 aromatic heterocycles. The third-order valence-corrected chi connectivity index (χ3v) is 6.15. The number of nitrogens with one attached hydrogen (secondary N) is 2. The maximum atomic E-state index is 13.1. The van der Waals surface area contributed by atoms with Crippen molar-refractivity contribution in [1.29, 1.82) is 0 Å². The summed E-state index contributed by atoms with van der Waals surface area (Å²) in [5.74, 6) is -1.73. The molecule has 37 heavy (non-hydrogen) atoms. The Balaban J connectivity index is 1.48. The Hall–Kier alpha value is -4.14. The number of anilines is 2. The van der Waals surface area contributed by atoms with Crippen molar-refractivity contribution in [3.63, 3.8) is 0 Å². The van der Waals surface area contributed by atoms with E-state index >= 15 is 0 Å². The molecule has 0 radical (unpaired) electrons. The summed E-state index contributed by atoms with van der Waals surface area (Å²) in [6.07, 6.45) is 1.33. The second-order valence-corrected chi connectivity index (χ2v) is 9.10. The molecule has 1 fully saturated rings. The van der Waals surface area contributed by atoms with Crippen LogP contribution < -0.4 is 20.3 Å². The number of aryl methyl sites for hydroxylation is 2. The predicted octanol–water partition coefficient (Wildman–Crippen LogP) is 5.29. The van der Waals surface area contributed by atoms with E-state index in [0.717, 1.165) is 16.0 Å². The van der Waals surface area contributed by atoms with Gasteiger partial charge in [-0.1, -0.05) is 35.3 Å². The van der Waals surface area contributed by atoms with Gasteiger partial charge in [-0.25, -0.2) is 9.69 Å². The van der Waals surface area contributed by atoms with Crippen molar-refractivity contribution in [2.75, 3.05) is 16.8 Å². The quantitative estimate of drug-likeness (QED) is 0.328. The van der Waals surface area contributed by atoms with E-state index in [9.17, 15) is 19.2 Å². The fraction of sp³-hybridized carbons (Fsp3) is 0.111. The van der Waals surface area contributed by atoms with Crippen LogP contribution in [0.5, 0.6) is 5.75 Å². The van der Waals surface area contributed by atoms with E-state index in [1.807, 2.05) is 13.8 Å². The van der Waals surface area contributed by atoms with Crippen LogP contribution in [0.2, 0.25) is 10.0 Å². The molecule has 0 atom stereocenters. The highest BCUT2D eigenvalue weighted by molar-refractivity contribution is 6.39. The maximum Gasteiger partial charge on any atom is 0.335 e. The molecule has 0 bridgehead atoms. The SMILES string of the molecule is Cc1ccc(N2C(=O)NC(=O)/C(=C\c3ccc(OCC(=O)Nc4ccc(Cl)cc4)c(Cl)c3)C2=O)cc1C. The highest BCUT2D eigenvalue weighted by atomic mass is 35.5. The standard InChI is InChI=1S/C27H21Cl2N3O5/c1-15-3-9-20(11-16(15)2)32-26(35)21(25(34)31-27(32)36)12-17-4-10-23(22(29)13-17)37-14-24(33)30-19-7-5-18(28)6-8-19/h3-13H,14H2,1-2H3,(H,30,33)(H,31,34,36)/b21-12+. The van der Waals surface area contributed by atoms with Gasteiger partial charge in [-0.2, -0.15) is 0 Å². The molecule has 0 spiro atoms. The average Bonchev–Trinajstić information content (AvgIpc) is 2.84. The summed E-state index contributed by atoms with van der Waals surface area (Å²) in [4.78, 5) is 51.1. The number of halogens is 2. The molecule has 10 heteroatoms. The summed E-state index contributed by atoms with van der Waals surface area (Å²) >= 11 is 12.1. The van der Waals surface area contributed by atoms with E-state index in [1.54, 1.807) is 48.5 Å². The molecule has 1 aliphatic heterocycles. The first-order valence-electron chi connectivity index (χ1n) is 11.1. The van der Waals surface area contributed by atoms with Gasteiger partial charge in [-0.05, 0) is 85.1 Å². The lowest BCUT2D eigenvalue weighted by Crippen LogP contribution is -2.54. The predicted molar refractivity (Wildman–Crippen MR) is 142 cm³/mol. The largest absolute Gasteiger partial charge is 0.482 e. The normalized spacial score (nSPS) is 14.5. The first-order chi connectivity index (χ1) is 17.6. The first kappa shape index (κ1) is 25.9. The van der Waals surface area contributed by atoms with Gasteiger partial charge in [0.05, 0.1) is 10.7 Å². The van der Waals surface area contributed by atoms with Crippen molar-refractivity contribution in [2.45, 2.75) is 13.8 Å². The van der Waals surface area contributed by atoms with E-state index in [0.29, 0.717) is 22.0 Å². The van der Waals surface area contributed by atoms with Crippen LogP contribution in [0, 0.1) is 13.8 Å². The van der Waals surface area contributed by atoms with Crippen LogP contribution in [0.15, 0.2) is 66.2 Å². The number of carbonyl (C=O) groups is 4. The van der Waals surface area contributed by atoms with E-state index in [2.05, 4.69) is 10.6 Å². The molecule has 1 aliphatic rings. The zero-order valence-electron chi connectivity index (χ0n) is 19.8. The van der Waals surface area contributed by atoms with Crippen LogP contribution in [0.25, 0.3) is 6.08 Å². The van der Waals surface area contributed by atoms with Gasteiger partial charge in [0.25, 0.3) is 17.7 Å². The molecular weight excluding hydrogens is 517 g/mol. The second kappa shape index (κ2) is 10.9. The summed E-state index contributed by atoms with van der Waals surface area (Å²) in [5.41, 5.74) is 3.00. The van der Waals surface area contributed by atoms with Gasteiger partial charge in [0, 0.05) is 10.7 Å². The zero-order chi connectivity index (χ0) is 26.7. The van der Waals surface area contributed by atoms with Crippen LogP contribution in [0.4, 0.5) is 16.2 Å².